The third kappa shape index (κ3) is 13.1. The molecule has 0 radical (unpaired) electrons. The highest BCUT2D eigenvalue weighted by molar-refractivity contribution is 7.92. The van der Waals surface area contributed by atoms with E-state index >= 15 is 4.39 Å². The van der Waals surface area contributed by atoms with Crippen molar-refractivity contribution in [1.82, 2.24) is 50.0 Å². The van der Waals surface area contributed by atoms with Gasteiger partial charge in [0.1, 0.15) is 11.5 Å². The number of hydrogen-bond donors (Lipinski definition) is 4. The maximum atomic E-state index is 15.5. The van der Waals surface area contributed by atoms with Crippen LogP contribution < -0.4 is 20.7 Å². The number of sulfonamides is 1. The Morgan fingerprint density at radius 2 is 1.64 bits per heavy atom. The molecule has 0 aliphatic carbocycles. The standard InChI is InChI=1S/C23H20N6O.C22H27ClFN7O4S/c1-15-9-17(12-28-23(15)18-5-6-25-16(2)10-18)11-22(30)29-21-4-3-19(13-27-21)20-14-24-7-8-26-20;1-12(2)31-11-16(17-6-7-25-21(28-17)26-10-13(3)27-22(32)35-4)20(29-31)15-8-14(23)9-18(19(15)24)30-36(5,33)34/h3-10,12-14H,11H2,1-2H3,(H,27,29,30);6-9,11-13,30H,10H2,1-5H3,(H,27,32)(H,25,26,28)/t;13-/m.0/s1. The molecule has 0 aliphatic heterocycles. The molecule has 4 N–H and O–H groups in total. The van der Waals surface area contributed by atoms with E-state index < -0.39 is 21.9 Å². The number of methoxy groups -OCH3 is 1. The number of pyridine rings is 3. The van der Waals surface area contributed by atoms with E-state index in [1.807, 2.05) is 52.0 Å². The van der Waals surface area contributed by atoms with Crippen LogP contribution in [0.1, 0.15) is 43.6 Å². The molecule has 0 aliphatic rings. The summed E-state index contributed by atoms with van der Waals surface area (Å²) >= 11 is 6.20. The van der Waals surface area contributed by atoms with E-state index in [0.29, 0.717) is 23.6 Å². The predicted molar refractivity (Wildman–Crippen MR) is 251 cm³/mol. The smallest absolute Gasteiger partial charge is 0.407 e. The number of amides is 2. The highest BCUT2D eigenvalue weighted by Crippen LogP contribution is 2.37. The van der Waals surface area contributed by atoms with Crippen LogP contribution in [0.15, 0.2) is 98.1 Å². The number of carbonyl (C=O) groups is 2. The van der Waals surface area contributed by atoms with Crippen molar-refractivity contribution in [2.24, 2.45) is 0 Å². The number of hydrogen-bond acceptors (Lipinski definition) is 14. The first-order chi connectivity index (χ1) is 31.5. The number of aryl methyl sites for hydroxylation is 2. The molecular formula is C45H47ClFN13O5S. The molecule has 21 heteroatoms. The second-order valence-corrected chi connectivity index (χ2v) is 17.5. The minimum atomic E-state index is -3.75. The summed E-state index contributed by atoms with van der Waals surface area (Å²) in [6, 6.07) is 13.4. The van der Waals surface area contributed by atoms with E-state index in [0.717, 1.165) is 45.6 Å². The number of aromatic nitrogens is 9. The Kier molecular flexibility index (Phi) is 15.6. The topological polar surface area (TPSA) is 234 Å². The van der Waals surface area contributed by atoms with E-state index in [2.05, 4.69) is 65.4 Å². The van der Waals surface area contributed by atoms with Gasteiger partial charge in [0.05, 0.1) is 48.8 Å². The van der Waals surface area contributed by atoms with Crippen LogP contribution in [0.2, 0.25) is 5.02 Å². The Bertz CT molecular complexity index is 2940. The first-order valence-corrected chi connectivity index (χ1v) is 22.6. The number of nitrogens with one attached hydrogen (secondary N) is 4. The highest BCUT2D eigenvalue weighted by Gasteiger charge is 2.23. The second kappa shape index (κ2) is 21.5. The van der Waals surface area contributed by atoms with Gasteiger partial charge in [-0.25, -0.2) is 32.6 Å². The van der Waals surface area contributed by atoms with Gasteiger partial charge in [-0.05, 0) is 88.2 Å². The van der Waals surface area contributed by atoms with E-state index in [1.54, 1.807) is 67.1 Å². The largest absolute Gasteiger partial charge is 0.453 e. The summed E-state index contributed by atoms with van der Waals surface area (Å²) in [5.41, 5.74) is 7.15. The molecule has 1 atom stereocenters. The van der Waals surface area contributed by atoms with E-state index in [1.165, 1.54) is 25.4 Å². The molecule has 0 unspecified atom stereocenters. The fourth-order valence-corrected chi connectivity index (χ4v) is 7.16. The van der Waals surface area contributed by atoms with Crippen LogP contribution in [0.25, 0.3) is 45.0 Å². The highest BCUT2D eigenvalue weighted by atomic mass is 35.5. The van der Waals surface area contributed by atoms with Crippen molar-refractivity contribution in [3.63, 3.8) is 0 Å². The molecule has 0 saturated heterocycles. The van der Waals surface area contributed by atoms with Crippen LogP contribution in [0.4, 0.5) is 26.6 Å². The van der Waals surface area contributed by atoms with Crippen LogP contribution in [0, 0.1) is 19.7 Å². The minimum absolute atomic E-state index is 0.00655. The number of carbonyl (C=O) groups excluding carboxylic acids is 2. The van der Waals surface area contributed by atoms with Crippen LogP contribution in [-0.4, -0.2) is 91.0 Å². The van der Waals surface area contributed by atoms with E-state index in [-0.39, 0.29) is 52.3 Å². The number of anilines is 3. The SMILES string of the molecule is COC(=O)N[C@@H](C)CNc1nccc(-c2cn(C(C)C)nc2-c2cc(Cl)cc(NS(C)(=O)=O)c2F)n1.Cc1cc(-c2ncc(CC(=O)Nc3ccc(-c4cnccn4)cn3)cc2C)ccn1. The summed E-state index contributed by atoms with van der Waals surface area (Å²) < 4.78 is 47.3. The maximum Gasteiger partial charge on any atom is 0.407 e. The number of ether oxygens (including phenoxy) is 1. The fraction of sp³-hybridized carbons (Fsp3) is 0.244. The lowest BCUT2D eigenvalue weighted by Gasteiger charge is -2.14. The molecule has 0 bridgehead atoms. The summed E-state index contributed by atoms with van der Waals surface area (Å²) in [4.78, 5) is 53.9. The van der Waals surface area contributed by atoms with Gasteiger partial charge in [0, 0.05) is 95.0 Å². The first kappa shape index (κ1) is 48.0. The number of alkyl carbamates (subject to hydrolysis) is 1. The van der Waals surface area contributed by atoms with Crippen molar-refractivity contribution >= 4 is 51.1 Å². The van der Waals surface area contributed by atoms with E-state index in [9.17, 15) is 18.0 Å². The summed E-state index contributed by atoms with van der Waals surface area (Å²) in [6.07, 6.45) is 13.9. The Labute approximate surface area is 386 Å². The average Bonchev–Trinajstić information content (AvgIpc) is 3.73. The predicted octanol–water partition coefficient (Wildman–Crippen LogP) is 7.70. The molecule has 0 saturated carbocycles. The number of nitrogens with zero attached hydrogens (tertiary/aromatic N) is 9. The first-order valence-electron chi connectivity index (χ1n) is 20.3. The zero-order chi connectivity index (χ0) is 47.5. The average molecular weight is 936 g/mol. The molecule has 6 heterocycles. The molecule has 18 nitrogen and oxygen atoms in total. The number of halogens is 2. The van der Waals surface area contributed by atoms with Crippen LogP contribution >= 0.6 is 11.6 Å². The van der Waals surface area contributed by atoms with Gasteiger partial charge < -0.3 is 20.7 Å². The molecule has 0 spiro atoms. The van der Waals surface area contributed by atoms with Crippen LogP contribution in [-0.2, 0) is 26.0 Å². The lowest BCUT2D eigenvalue weighted by Crippen LogP contribution is -2.37. The second-order valence-electron chi connectivity index (χ2n) is 15.3. The molecule has 2 amide bonds. The van der Waals surface area contributed by atoms with Gasteiger partial charge in [0.2, 0.25) is 21.9 Å². The van der Waals surface area contributed by atoms with Crippen molar-refractivity contribution < 1.29 is 27.1 Å². The zero-order valence-electron chi connectivity index (χ0n) is 37.0. The molecule has 7 aromatic rings. The van der Waals surface area contributed by atoms with Gasteiger partial charge in [0.25, 0.3) is 0 Å². The van der Waals surface area contributed by atoms with Gasteiger partial charge in [-0.15, -0.1) is 0 Å². The minimum Gasteiger partial charge on any atom is -0.453 e. The fourth-order valence-electron chi connectivity index (χ4n) is 6.39. The summed E-state index contributed by atoms with van der Waals surface area (Å²) in [7, 11) is -2.47. The monoisotopic (exact) mass is 935 g/mol. The Hall–Kier alpha value is -7.45. The third-order valence-electron chi connectivity index (χ3n) is 9.46. The molecule has 7 rings (SSSR count). The molecule has 342 valence electrons. The van der Waals surface area contributed by atoms with Crippen molar-refractivity contribution in [3.05, 3.63) is 126 Å². The van der Waals surface area contributed by atoms with Crippen molar-refractivity contribution in [3.8, 4) is 45.0 Å². The van der Waals surface area contributed by atoms with Gasteiger partial charge >= 0.3 is 6.09 Å². The lowest BCUT2D eigenvalue weighted by molar-refractivity contribution is -0.115. The van der Waals surface area contributed by atoms with Gasteiger partial charge in [-0.2, -0.15) is 5.10 Å². The molecule has 0 fully saturated rings. The number of benzene rings is 1. The van der Waals surface area contributed by atoms with Crippen molar-refractivity contribution in [1.29, 1.82) is 0 Å². The third-order valence-corrected chi connectivity index (χ3v) is 10.3. The van der Waals surface area contributed by atoms with Crippen molar-refractivity contribution in [2.45, 2.75) is 53.1 Å². The normalized spacial score (nSPS) is 11.5. The quantitative estimate of drug-likeness (QED) is 0.0818. The lowest BCUT2D eigenvalue weighted by atomic mass is 10.0. The van der Waals surface area contributed by atoms with Crippen molar-refractivity contribution in [2.75, 3.05) is 35.3 Å². The number of rotatable bonds is 14. The Morgan fingerprint density at radius 1 is 0.848 bits per heavy atom. The molecule has 1 aromatic carbocycles. The molecule has 6 aromatic heterocycles. The van der Waals surface area contributed by atoms with Gasteiger partial charge in [0.15, 0.2) is 5.82 Å². The van der Waals surface area contributed by atoms with Gasteiger partial charge in [-0.3, -0.25) is 34.1 Å². The van der Waals surface area contributed by atoms with E-state index in [4.69, 9.17) is 11.6 Å². The Balaban J connectivity index is 0.000000221. The molecule has 66 heavy (non-hydrogen) atoms. The Morgan fingerprint density at radius 3 is 2.30 bits per heavy atom. The van der Waals surface area contributed by atoms with Crippen LogP contribution in [0.5, 0.6) is 0 Å². The molecular weight excluding hydrogens is 889 g/mol. The summed E-state index contributed by atoms with van der Waals surface area (Å²) in [6.45, 7) is 9.86. The van der Waals surface area contributed by atoms with Crippen LogP contribution in [0.3, 0.4) is 0 Å². The maximum absolute atomic E-state index is 15.5. The summed E-state index contributed by atoms with van der Waals surface area (Å²) in [5, 5.41) is 13.2. The zero-order valence-corrected chi connectivity index (χ0v) is 38.6. The summed E-state index contributed by atoms with van der Waals surface area (Å²) in [5.74, 6) is -0.208. The van der Waals surface area contributed by atoms with Gasteiger partial charge in [-0.1, -0.05) is 17.7 Å².